The second kappa shape index (κ2) is 4.43. The van der Waals surface area contributed by atoms with Crippen LogP contribution in [0.5, 0.6) is 0 Å². The predicted molar refractivity (Wildman–Crippen MR) is 72.6 cm³/mol. The van der Waals surface area contributed by atoms with Gasteiger partial charge in [-0.3, -0.25) is 4.79 Å². The fraction of sp³-hybridized carbons (Fsp3) is 0. The molecule has 19 heavy (non-hydrogen) atoms. The minimum absolute atomic E-state index is 0.0862. The molecule has 0 aliphatic rings. The van der Waals surface area contributed by atoms with Crippen molar-refractivity contribution in [1.82, 2.24) is 0 Å². The Hall–Kier alpha value is -2.86. The number of fused-ring (bicyclic) bond motifs is 1. The zero-order valence-electron chi connectivity index (χ0n) is 9.96. The van der Waals surface area contributed by atoms with Crippen molar-refractivity contribution in [3.63, 3.8) is 0 Å². The summed E-state index contributed by atoms with van der Waals surface area (Å²) in [5.41, 5.74) is 2.16. The van der Waals surface area contributed by atoms with Gasteiger partial charge in [-0.1, -0.05) is 24.3 Å². The van der Waals surface area contributed by atoms with Gasteiger partial charge in [0.05, 0.1) is 22.6 Å². The highest BCUT2D eigenvalue weighted by molar-refractivity contribution is 5.81. The van der Waals surface area contributed by atoms with E-state index in [4.69, 9.17) is 9.68 Å². The van der Waals surface area contributed by atoms with Crippen LogP contribution in [-0.4, -0.2) is 0 Å². The molecule has 0 unspecified atom stereocenters. The van der Waals surface area contributed by atoms with Crippen molar-refractivity contribution in [1.29, 1.82) is 5.26 Å². The zero-order valence-corrected chi connectivity index (χ0v) is 9.96. The Kier molecular flexibility index (Phi) is 2.62. The van der Waals surface area contributed by atoms with Gasteiger partial charge in [0.25, 0.3) is 0 Å². The molecule has 1 aromatic heterocycles. The molecule has 90 valence electrons. The first kappa shape index (κ1) is 11.2. The molecule has 0 aliphatic heterocycles. The Labute approximate surface area is 109 Å². The Morgan fingerprint density at radius 2 is 1.89 bits per heavy atom. The smallest absolute Gasteiger partial charge is 0.200 e. The molecule has 0 bridgehead atoms. The maximum Gasteiger partial charge on any atom is 0.200 e. The van der Waals surface area contributed by atoms with Crippen molar-refractivity contribution >= 4 is 11.0 Å². The lowest BCUT2D eigenvalue weighted by Gasteiger charge is -2.02. The molecule has 0 fully saturated rings. The Bertz CT molecular complexity index is 856. The van der Waals surface area contributed by atoms with E-state index in [1.807, 2.05) is 6.07 Å². The van der Waals surface area contributed by atoms with Crippen molar-refractivity contribution in [3.8, 4) is 17.2 Å². The van der Waals surface area contributed by atoms with Gasteiger partial charge in [-0.25, -0.2) is 0 Å². The van der Waals surface area contributed by atoms with Crippen LogP contribution < -0.4 is 5.43 Å². The van der Waals surface area contributed by atoms with Crippen LogP contribution in [0.2, 0.25) is 0 Å². The second-order valence-electron chi connectivity index (χ2n) is 4.17. The van der Waals surface area contributed by atoms with Crippen LogP contribution in [0.1, 0.15) is 5.56 Å². The van der Waals surface area contributed by atoms with Gasteiger partial charge in [0.2, 0.25) is 0 Å². The summed E-state index contributed by atoms with van der Waals surface area (Å²) in [6.45, 7) is 0. The van der Waals surface area contributed by atoms with E-state index in [0.29, 0.717) is 27.7 Å². The van der Waals surface area contributed by atoms with Crippen LogP contribution in [0, 0.1) is 11.3 Å². The molecule has 3 heteroatoms. The SMILES string of the molecule is N#Cc1cccc(-c2coc3ccccc3c2=O)c1. The Morgan fingerprint density at radius 1 is 1.05 bits per heavy atom. The zero-order chi connectivity index (χ0) is 13.2. The van der Waals surface area contributed by atoms with E-state index in [2.05, 4.69) is 6.07 Å². The lowest BCUT2D eigenvalue weighted by Crippen LogP contribution is -2.04. The number of hydrogen-bond donors (Lipinski definition) is 0. The van der Waals surface area contributed by atoms with E-state index in [0.717, 1.165) is 0 Å². The fourth-order valence-corrected chi connectivity index (χ4v) is 2.03. The molecule has 0 saturated heterocycles. The highest BCUT2D eigenvalue weighted by atomic mass is 16.3. The first-order valence-corrected chi connectivity index (χ1v) is 5.80. The summed E-state index contributed by atoms with van der Waals surface area (Å²) in [4.78, 5) is 12.4. The summed E-state index contributed by atoms with van der Waals surface area (Å²) in [6.07, 6.45) is 1.45. The first-order valence-electron chi connectivity index (χ1n) is 5.80. The standard InChI is InChI=1S/C16H9NO2/c17-9-11-4-3-5-12(8-11)14-10-19-15-7-2-1-6-13(15)16(14)18/h1-8,10H. The molecule has 0 saturated carbocycles. The van der Waals surface area contributed by atoms with Gasteiger partial charge in [-0.15, -0.1) is 0 Å². The van der Waals surface area contributed by atoms with E-state index in [9.17, 15) is 4.79 Å². The third-order valence-corrected chi connectivity index (χ3v) is 2.98. The minimum Gasteiger partial charge on any atom is -0.463 e. The maximum atomic E-state index is 12.4. The third kappa shape index (κ3) is 1.90. The molecule has 3 nitrogen and oxygen atoms in total. The van der Waals surface area contributed by atoms with Crippen molar-refractivity contribution in [2.75, 3.05) is 0 Å². The summed E-state index contributed by atoms with van der Waals surface area (Å²) in [6, 6.07) is 16.1. The number of para-hydroxylation sites is 1. The van der Waals surface area contributed by atoms with Crippen LogP contribution >= 0.6 is 0 Å². The minimum atomic E-state index is -0.0862. The predicted octanol–water partition coefficient (Wildman–Crippen LogP) is 3.33. The summed E-state index contributed by atoms with van der Waals surface area (Å²) < 4.78 is 5.47. The average Bonchev–Trinajstić information content (AvgIpc) is 2.48. The molecule has 2 aromatic carbocycles. The number of nitriles is 1. The van der Waals surface area contributed by atoms with E-state index >= 15 is 0 Å². The average molecular weight is 247 g/mol. The number of benzene rings is 2. The number of rotatable bonds is 1. The molecule has 0 atom stereocenters. The van der Waals surface area contributed by atoms with Gasteiger partial charge in [-0.2, -0.15) is 5.26 Å². The summed E-state index contributed by atoms with van der Waals surface area (Å²) in [5.74, 6) is 0. The van der Waals surface area contributed by atoms with Crippen LogP contribution in [-0.2, 0) is 0 Å². The molecule has 0 aliphatic carbocycles. The second-order valence-corrected chi connectivity index (χ2v) is 4.17. The van der Waals surface area contributed by atoms with E-state index in [1.54, 1.807) is 42.5 Å². The quantitative estimate of drug-likeness (QED) is 0.662. The van der Waals surface area contributed by atoms with Gasteiger partial charge < -0.3 is 4.42 Å². The lowest BCUT2D eigenvalue weighted by molar-refractivity contribution is 0.604. The topological polar surface area (TPSA) is 54.0 Å². The van der Waals surface area contributed by atoms with E-state index in [-0.39, 0.29) is 5.43 Å². The van der Waals surface area contributed by atoms with Gasteiger partial charge in [0.1, 0.15) is 11.8 Å². The Balaban J connectivity index is 2.29. The van der Waals surface area contributed by atoms with Gasteiger partial charge in [-0.05, 0) is 29.8 Å². The number of nitrogens with zero attached hydrogens (tertiary/aromatic N) is 1. The maximum absolute atomic E-state index is 12.4. The Morgan fingerprint density at radius 3 is 2.74 bits per heavy atom. The fourth-order valence-electron chi connectivity index (χ4n) is 2.03. The van der Waals surface area contributed by atoms with Crippen LogP contribution in [0.15, 0.2) is 64.0 Å². The van der Waals surface area contributed by atoms with E-state index in [1.165, 1.54) is 6.26 Å². The highest BCUT2D eigenvalue weighted by Gasteiger charge is 2.08. The van der Waals surface area contributed by atoms with Crippen molar-refractivity contribution in [2.24, 2.45) is 0 Å². The molecule has 0 amide bonds. The monoisotopic (exact) mass is 247 g/mol. The van der Waals surface area contributed by atoms with Crippen LogP contribution in [0.3, 0.4) is 0 Å². The lowest BCUT2D eigenvalue weighted by atomic mass is 10.0. The molecule has 0 radical (unpaired) electrons. The molecule has 3 rings (SSSR count). The summed E-state index contributed by atoms with van der Waals surface area (Å²) in [7, 11) is 0. The third-order valence-electron chi connectivity index (χ3n) is 2.98. The van der Waals surface area contributed by atoms with E-state index < -0.39 is 0 Å². The van der Waals surface area contributed by atoms with Crippen LogP contribution in [0.25, 0.3) is 22.1 Å². The molecule has 0 spiro atoms. The normalized spacial score (nSPS) is 10.3. The molecular formula is C16H9NO2. The van der Waals surface area contributed by atoms with Crippen LogP contribution in [0.4, 0.5) is 0 Å². The molecular weight excluding hydrogens is 238 g/mol. The van der Waals surface area contributed by atoms with Gasteiger partial charge >= 0.3 is 0 Å². The van der Waals surface area contributed by atoms with Crippen molar-refractivity contribution in [2.45, 2.75) is 0 Å². The van der Waals surface area contributed by atoms with Gasteiger partial charge in [0, 0.05) is 0 Å². The molecule has 0 N–H and O–H groups in total. The summed E-state index contributed by atoms with van der Waals surface area (Å²) >= 11 is 0. The highest BCUT2D eigenvalue weighted by Crippen LogP contribution is 2.20. The number of hydrogen-bond acceptors (Lipinski definition) is 3. The van der Waals surface area contributed by atoms with Gasteiger partial charge in [0.15, 0.2) is 5.43 Å². The molecule has 3 aromatic rings. The largest absolute Gasteiger partial charge is 0.463 e. The van der Waals surface area contributed by atoms with Crippen molar-refractivity contribution in [3.05, 3.63) is 70.6 Å². The van der Waals surface area contributed by atoms with Crippen molar-refractivity contribution < 1.29 is 4.42 Å². The summed E-state index contributed by atoms with van der Waals surface area (Å²) in [5, 5.41) is 9.44. The molecule has 1 heterocycles. The first-order chi connectivity index (χ1) is 9.29.